The Labute approximate surface area is 86.0 Å². The molecule has 1 aliphatic heterocycles. The van der Waals surface area contributed by atoms with Crippen LogP contribution in [-0.4, -0.2) is 19.1 Å². The maximum Gasteiger partial charge on any atom is 0.271 e. The summed E-state index contributed by atoms with van der Waals surface area (Å²) in [5.41, 5.74) is 0.00484. The fourth-order valence-corrected chi connectivity index (χ4v) is 2.75. The van der Waals surface area contributed by atoms with Crippen LogP contribution < -0.4 is 4.72 Å². The molecule has 0 saturated heterocycles. The van der Waals surface area contributed by atoms with Crippen LogP contribution in [0.3, 0.4) is 0 Å². The first-order valence-electron chi connectivity index (χ1n) is 3.94. The molecule has 82 valence electrons. The molecule has 0 saturated carbocycles. The highest BCUT2D eigenvalue weighted by atomic mass is 32.3. The van der Waals surface area contributed by atoms with Crippen LogP contribution in [0.2, 0.25) is 0 Å². The van der Waals surface area contributed by atoms with Gasteiger partial charge < -0.3 is 5.11 Å². The van der Waals surface area contributed by atoms with E-state index in [1.54, 1.807) is 0 Å². The standard InChI is InChI=1S/C7H8N2O5S/c10-7-5-2-1-4(9(11)12)3-6(5)15(13,14)8-7/h1-3,7-8,10,13-14H. The molecule has 2 rings (SSSR count). The highest BCUT2D eigenvalue weighted by Crippen LogP contribution is 2.54. The number of nitrogens with zero attached hydrogens (tertiary/aromatic N) is 1. The molecule has 1 aromatic rings. The van der Waals surface area contributed by atoms with Crippen molar-refractivity contribution in [2.24, 2.45) is 0 Å². The van der Waals surface area contributed by atoms with Crippen molar-refractivity contribution in [2.45, 2.75) is 11.1 Å². The lowest BCUT2D eigenvalue weighted by atomic mass is 10.2. The van der Waals surface area contributed by atoms with Gasteiger partial charge in [-0.3, -0.25) is 19.2 Å². The average molecular weight is 232 g/mol. The minimum atomic E-state index is -3.32. The molecule has 0 aromatic heterocycles. The van der Waals surface area contributed by atoms with Crippen LogP contribution in [0.15, 0.2) is 23.1 Å². The summed E-state index contributed by atoms with van der Waals surface area (Å²) in [5, 5.41) is 19.8. The van der Waals surface area contributed by atoms with Gasteiger partial charge in [-0.15, -0.1) is 10.8 Å². The van der Waals surface area contributed by atoms with Gasteiger partial charge in [-0.1, -0.05) is 0 Å². The Morgan fingerprint density at radius 3 is 2.73 bits per heavy atom. The van der Waals surface area contributed by atoms with E-state index in [2.05, 4.69) is 4.72 Å². The van der Waals surface area contributed by atoms with Crippen molar-refractivity contribution in [3.8, 4) is 0 Å². The van der Waals surface area contributed by atoms with Crippen LogP contribution in [0.1, 0.15) is 11.8 Å². The van der Waals surface area contributed by atoms with Crippen molar-refractivity contribution >= 4 is 16.5 Å². The summed E-state index contributed by atoms with van der Waals surface area (Å²) in [7, 11) is -3.32. The molecule has 0 spiro atoms. The van der Waals surface area contributed by atoms with Gasteiger partial charge in [0.25, 0.3) is 5.69 Å². The van der Waals surface area contributed by atoms with E-state index < -0.39 is 21.9 Å². The van der Waals surface area contributed by atoms with Crippen LogP contribution in [0.25, 0.3) is 0 Å². The average Bonchev–Trinajstić information content (AvgIpc) is 2.37. The van der Waals surface area contributed by atoms with Crippen molar-refractivity contribution in [2.75, 3.05) is 0 Å². The fraction of sp³-hybridized carbons (Fsp3) is 0.143. The summed E-state index contributed by atoms with van der Waals surface area (Å²) in [5.74, 6) is 0. The van der Waals surface area contributed by atoms with E-state index in [0.29, 0.717) is 0 Å². The summed E-state index contributed by atoms with van der Waals surface area (Å²) in [6.45, 7) is 0. The van der Waals surface area contributed by atoms with Crippen LogP contribution in [0.5, 0.6) is 0 Å². The molecule has 1 unspecified atom stereocenters. The highest BCUT2D eigenvalue weighted by Gasteiger charge is 2.34. The molecule has 15 heavy (non-hydrogen) atoms. The van der Waals surface area contributed by atoms with Gasteiger partial charge in [0.15, 0.2) is 0 Å². The van der Waals surface area contributed by atoms with E-state index >= 15 is 0 Å². The number of hydrogen-bond donors (Lipinski definition) is 4. The monoisotopic (exact) mass is 232 g/mol. The third-order valence-electron chi connectivity index (χ3n) is 2.09. The number of benzene rings is 1. The molecule has 8 heteroatoms. The van der Waals surface area contributed by atoms with Gasteiger partial charge in [-0.05, 0) is 6.07 Å². The molecule has 0 aliphatic carbocycles. The molecule has 0 bridgehead atoms. The maximum atomic E-state index is 10.5. The summed E-state index contributed by atoms with van der Waals surface area (Å²) in [6.07, 6.45) is -1.20. The van der Waals surface area contributed by atoms with Crippen LogP contribution in [0, 0.1) is 10.1 Å². The first kappa shape index (κ1) is 10.3. The number of hydrogen-bond acceptors (Lipinski definition) is 6. The summed E-state index contributed by atoms with van der Waals surface area (Å²) >= 11 is 0. The number of non-ortho nitro benzene ring substituents is 1. The lowest BCUT2D eigenvalue weighted by Gasteiger charge is -2.26. The van der Waals surface area contributed by atoms with Crippen molar-refractivity contribution < 1.29 is 19.1 Å². The number of fused-ring (bicyclic) bond motifs is 1. The van der Waals surface area contributed by atoms with Crippen LogP contribution in [-0.2, 0) is 0 Å². The summed E-state index contributed by atoms with van der Waals surface area (Å²) in [6, 6.07) is 3.55. The molecule has 1 heterocycles. The molecule has 0 amide bonds. The van der Waals surface area contributed by atoms with Crippen molar-refractivity contribution in [3.63, 3.8) is 0 Å². The lowest BCUT2D eigenvalue weighted by molar-refractivity contribution is -0.385. The Kier molecular flexibility index (Phi) is 2.17. The quantitative estimate of drug-likeness (QED) is 0.427. The van der Waals surface area contributed by atoms with Crippen LogP contribution in [0.4, 0.5) is 5.69 Å². The minimum absolute atomic E-state index is 0.0239. The second-order valence-electron chi connectivity index (χ2n) is 3.05. The number of rotatable bonds is 1. The number of aliphatic hydroxyl groups is 1. The number of nitrogens with one attached hydrogen (secondary N) is 1. The third-order valence-corrected chi connectivity index (χ3v) is 3.60. The first-order valence-corrected chi connectivity index (χ1v) is 5.48. The molecule has 7 nitrogen and oxygen atoms in total. The van der Waals surface area contributed by atoms with Crippen molar-refractivity contribution in [1.82, 2.24) is 4.72 Å². The molecule has 1 atom stereocenters. The molecular formula is C7H8N2O5S. The van der Waals surface area contributed by atoms with Gasteiger partial charge in [0, 0.05) is 17.7 Å². The van der Waals surface area contributed by atoms with E-state index in [9.17, 15) is 24.3 Å². The van der Waals surface area contributed by atoms with Gasteiger partial charge in [0.1, 0.15) is 6.23 Å². The second kappa shape index (κ2) is 3.15. The van der Waals surface area contributed by atoms with E-state index in [4.69, 9.17) is 0 Å². The smallest absolute Gasteiger partial charge is 0.271 e. The van der Waals surface area contributed by atoms with Gasteiger partial charge >= 0.3 is 0 Å². The minimum Gasteiger partial charge on any atom is -0.373 e. The zero-order chi connectivity index (χ0) is 11.2. The molecule has 1 aliphatic rings. The van der Waals surface area contributed by atoms with E-state index in [1.165, 1.54) is 12.1 Å². The molecular weight excluding hydrogens is 224 g/mol. The summed E-state index contributed by atoms with van der Waals surface area (Å²) < 4.78 is 21.1. The van der Waals surface area contributed by atoms with E-state index in [-0.39, 0.29) is 16.1 Å². The lowest BCUT2D eigenvalue weighted by Crippen LogP contribution is -2.16. The largest absolute Gasteiger partial charge is 0.373 e. The molecule has 0 fully saturated rings. The van der Waals surface area contributed by atoms with Gasteiger partial charge in [0.2, 0.25) is 0 Å². The van der Waals surface area contributed by atoms with Crippen LogP contribution >= 0.6 is 10.8 Å². The molecule has 0 radical (unpaired) electrons. The topological polar surface area (TPSA) is 116 Å². The van der Waals surface area contributed by atoms with Crippen molar-refractivity contribution in [3.05, 3.63) is 33.9 Å². The van der Waals surface area contributed by atoms with Gasteiger partial charge in [-0.25, -0.2) is 0 Å². The Hall–Kier alpha value is -1.19. The number of nitro groups is 1. The fourth-order valence-electron chi connectivity index (χ4n) is 1.39. The Bertz CT molecular complexity index is 435. The third kappa shape index (κ3) is 1.58. The predicted molar refractivity (Wildman–Crippen MR) is 52.3 cm³/mol. The van der Waals surface area contributed by atoms with Crippen molar-refractivity contribution in [1.29, 1.82) is 0 Å². The zero-order valence-corrected chi connectivity index (χ0v) is 8.14. The number of nitro benzene ring substituents is 1. The predicted octanol–water partition coefficient (Wildman–Crippen LogP) is 1.21. The number of aliphatic hydroxyl groups excluding tert-OH is 1. The molecule has 4 N–H and O–H groups in total. The summed E-state index contributed by atoms with van der Waals surface area (Å²) in [4.78, 5) is 9.80. The Morgan fingerprint density at radius 2 is 2.13 bits per heavy atom. The van der Waals surface area contributed by atoms with Gasteiger partial charge in [-0.2, -0.15) is 4.72 Å². The first-order chi connectivity index (χ1) is 6.92. The van der Waals surface area contributed by atoms with E-state index in [0.717, 1.165) is 6.07 Å². The molecule has 1 aromatic carbocycles. The van der Waals surface area contributed by atoms with E-state index in [1.807, 2.05) is 0 Å². The highest BCUT2D eigenvalue weighted by molar-refractivity contribution is 8.22. The Morgan fingerprint density at radius 1 is 1.47 bits per heavy atom. The van der Waals surface area contributed by atoms with Gasteiger partial charge in [0.05, 0.1) is 9.82 Å². The second-order valence-corrected chi connectivity index (χ2v) is 4.82. The maximum absolute atomic E-state index is 10.5. The normalized spacial score (nSPS) is 24.6. The Balaban J connectivity index is 2.57. The zero-order valence-electron chi connectivity index (χ0n) is 7.32. The SMILES string of the molecule is O=[N+]([O-])c1ccc2c(c1)S(O)(O)NC2O.